The smallest absolute Gasteiger partial charge is 0.339 e. The second kappa shape index (κ2) is 5.79. The number of carboxylic acids is 1. The Balaban J connectivity index is 2.56. The first kappa shape index (κ1) is 14.1. The number of benzene rings is 1. The molecule has 1 heterocycles. The van der Waals surface area contributed by atoms with Crippen molar-refractivity contribution >= 4 is 23.9 Å². The minimum atomic E-state index is -1.13. The molecule has 0 atom stereocenters. The van der Waals surface area contributed by atoms with Gasteiger partial charge >= 0.3 is 5.97 Å². The van der Waals surface area contributed by atoms with Crippen LogP contribution in [-0.4, -0.2) is 24.0 Å². The Morgan fingerprint density at radius 3 is 2.75 bits per heavy atom. The molecule has 0 saturated carbocycles. The monoisotopic (exact) mass is 294 g/mol. The summed E-state index contributed by atoms with van der Waals surface area (Å²) in [7, 11) is 0. The second-order valence-corrected chi connectivity index (χ2v) is 4.29. The number of rotatable bonds is 5. The van der Waals surface area contributed by atoms with Crippen molar-refractivity contribution in [2.75, 3.05) is 6.61 Å². The zero-order valence-corrected chi connectivity index (χ0v) is 11.3. The SMILES string of the molecule is CCOc1cc(-c2ccc(C=O)o2)c(Cl)cc1C(=O)O. The Morgan fingerprint density at radius 1 is 1.45 bits per heavy atom. The summed E-state index contributed by atoms with van der Waals surface area (Å²) in [6, 6.07) is 5.88. The van der Waals surface area contributed by atoms with Gasteiger partial charge in [-0.2, -0.15) is 0 Å². The van der Waals surface area contributed by atoms with E-state index in [0.717, 1.165) is 0 Å². The lowest BCUT2D eigenvalue weighted by Gasteiger charge is -2.10. The van der Waals surface area contributed by atoms with Gasteiger partial charge in [0.15, 0.2) is 12.0 Å². The third-order valence-electron chi connectivity index (χ3n) is 2.61. The molecule has 0 fully saturated rings. The molecule has 0 saturated heterocycles. The van der Waals surface area contributed by atoms with E-state index in [-0.39, 0.29) is 22.1 Å². The molecule has 0 aliphatic heterocycles. The Morgan fingerprint density at radius 2 is 2.20 bits per heavy atom. The maximum absolute atomic E-state index is 11.1. The standard InChI is InChI=1S/C14H11ClO5/c1-2-19-13-6-9(11(15)5-10(13)14(17)18)12-4-3-8(7-16)20-12/h3-7H,2H2,1H3,(H,17,18). The highest BCUT2D eigenvalue weighted by atomic mass is 35.5. The number of carbonyl (C=O) groups is 2. The predicted octanol–water partition coefficient (Wildman–Crippen LogP) is 3.51. The lowest BCUT2D eigenvalue weighted by atomic mass is 10.1. The third-order valence-corrected chi connectivity index (χ3v) is 2.92. The molecular formula is C14H11ClO5. The molecule has 0 aliphatic rings. The molecule has 0 bridgehead atoms. The van der Waals surface area contributed by atoms with E-state index in [2.05, 4.69) is 0 Å². The van der Waals surface area contributed by atoms with E-state index in [1.165, 1.54) is 18.2 Å². The number of aromatic carboxylic acids is 1. The Labute approximate surface area is 119 Å². The molecule has 1 aromatic carbocycles. The minimum Gasteiger partial charge on any atom is -0.493 e. The number of hydrogen-bond donors (Lipinski definition) is 1. The number of carboxylic acid groups (broad SMARTS) is 1. The van der Waals surface area contributed by atoms with Crippen LogP contribution in [0, 0.1) is 0 Å². The van der Waals surface area contributed by atoms with Crippen LogP contribution < -0.4 is 4.74 Å². The predicted molar refractivity (Wildman–Crippen MR) is 72.7 cm³/mol. The van der Waals surface area contributed by atoms with Crippen LogP contribution in [0.2, 0.25) is 5.02 Å². The van der Waals surface area contributed by atoms with Crippen LogP contribution in [0.1, 0.15) is 27.8 Å². The van der Waals surface area contributed by atoms with Gasteiger partial charge in [-0.15, -0.1) is 0 Å². The van der Waals surface area contributed by atoms with E-state index in [4.69, 9.17) is 25.9 Å². The highest BCUT2D eigenvalue weighted by Gasteiger charge is 2.18. The van der Waals surface area contributed by atoms with E-state index < -0.39 is 5.97 Å². The van der Waals surface area contributed by atoms with Crippen LogP contribution in [0.15, 0.2) is 28.7 Å². The quantitative estimate of drug-likeness (QED) is 0.854. The third kappa shape index (κ3) is 2.67. The Bertz CT molecular complexity index is 660. The van der Waals surface area contributed by atoms with Crippen LogP contribution in [0.25, 0.3) is 11.3 Å². The van der Waals surface area contributed by atoms with Crippen molar-refractivity contribution in [3.05, 3.63) is 40.6 Å². The van der Waals surface area contributed by atoms with Gasteiger partial charge in [-0.25, -0.2) is 4.79 Å². The van der Waals surface area contributed by atoms with E-state index >= 15 is 0 Å². The summed E-state index contributed by atoms with van der Waals surface area (Å²) in [6.07, 6.45) is 0.576. The van der Waals surface area contributed by atoms with Crippen molar-refractivity contribution < 1.29 is 23.8 Å². The highest BCUT2D eigenvalue weighted by Crippen LogP contribution is 2.35. The first-order chi connectivity index (χ1) is 9.56. The molecule has 0 radical (unpaired) electrons. The van der Waals surface area contributed by atoms with Gasteiger partial charge < -0.3 is 14.3 Å². The van der Waals surface area contributed by atoms with Crippen LogP contribution in [0.5, 0.6) is 5.75 Å². The molecule has 0 unspecified atom stereocenters. The van der Waals surface area contributed by atoms with Gasteiger partial charge in [0.05, 0.1) is 11.6 Å². The molecule has 5 nitrogen and oxygen atoms in total. The molecule has 2 aromatic rings. The Hall–Kier alpha value is -2.27. The summed E-state index contributed by atoms with van der Waals surface area (Å²) in [5, 5.41) is 9.32. The molecule has 0 aliphatic carbocycles. The van der Waals surface area contributed by atoms with Gasteiger partial charge in [-0.05, 0) is 31.2 Å². The van der Waals surface area contributed by atoms with Crippen LogP contribution in [-0.2, 0) is 0 Å². The van der Waals surface area contributed by atoms with Gasteiger partial charge in [0.1, 0.15) is 17.1 Å². The number of furan rings is 1. The molecule has 20 heavy (non-hydrogen) atoms. The summed E-state index contributed by atoms with van der Waals surface area (Å²) >= 11 is 6.07. The van der Waals surface area contributed by atoms with Gasteiger partial charge in [-0.1, -0.05) is 11.6 Å². The van der Waals surface area contributed by atoms with Crippen LogP contribution in [0.3, 0.4) is 0 Å². The molecule has 0 spiro atoms. The van der Waals surface area contributed by atoms with Crippen molar-refractivity contribution in [2.24, 2.45) is 0 Å². The number of hydrogen-bond acceptors (Lipinski definition) is 4. The van der Waals surface area contributed by atoms with Gasteiger partial charge in [0, 0.05) is 5.56 Å². The topological polar surface area (TPSA) is 76.7 Å². The summed E-state index contributed by atoms with van der Waals surface area (Å²) in [5.74, 6) is -0.398. The zero-order chi connectivity index (χ0) is 14.7. The average Bonchev–Trinajstić information content (AvgIpc) is 2.89. The van der Waals surface area contributed by atoms with E-state index in [0.29, 0.717) is 24.2 Å². The molecule has 2 rings (SSSR count). The lowest BCUT2D eigenvalue weighted by Crippen LogP contribution is -2.03. The largest absolute Gasteiger partial charge is 0.493 e. The van der Waals surface area contributed by atoms with E-state index in [9.17, 15) is 9.59 Å². The van der Waals surface area contributed by atoms with Gasteiger partial charge in [-0.3, -0.25) is 4.79 Å². The van der Waals surface area contributed by atoms with Crippen LogP contribution in [0.4, 0.5) is 0 Å². The maximum atomic E-state index is 11.1. The van der Waals surface area contributed by atoms with Crippen molar-refractivity contribution in [3.8, 4) is 17.1 Å². The van der Waals surface area contributed by atoms with E-state index in [1.54, 1.807) is 13.0 Å². The number of ether oxygens (including phenoxy) is 1. The normalized spacial score (nSPS) is 10.3. The Kier molecular flexibility index (Phi) is 4.10. The van der Waals surface area contributed by atoms with Crippen LogP contribution >= 0.6 is 11.6 Å². The van der Waals surface area contributed by atoms with Gasteiger partial charge in [0.25, 0.3) is 0 Å². The van der Waals surface area contributed by atoms with Gasteiger partial charge in [0.2, 0.25) is 0 Å². The van der Waals surface area contributed by atoms with Crippen molar-refractivity contribution in [1.82, 2.24) is 0 Å². The zero-order valence-electron chi connectivity index (χ0n) is 10.6. The minimum absolute atomic E-state index is 0.0252. The molecule has 0 amide bonds. The summed E-state index contributed by atoms with van der Waals surface area (Å²) in [5.41, 5.74) is 0.441. The molecule has 104 valence electrons. The van der Waals surface area contributed by atoms with Crippen molar-refractivity contribution in [1.29, 1.82) is 0 Å². The maximum Gasteiger partial charge on any atom is 0.339 e. The molecule has 1 aromatic heterocycles. The fourth-order valence-corrected chi connectivity index (χ4v) is 2.00. The average molecular weight is 295 g/mol. The molecular weight excluding hydrogens is 284 g/mol. The fourth-order valence-electron chi connectivity index (χ4n) is 1.75. The van der Waals surface area contributed by atoms with Crippen molar-refractivity contribution in [3.63, 3.8) is 0 Å². The first-order valence-corrected chi connectivity index (χ1v) is 6.19. The second-order valence-electron chi connectivity index (χ2n) is 3.89. The summed E-state index contributed by atoms with van der Waals surface area (Å²) < 4.78 is 10.6. The lowest BCUT2D eigenvalue weighted by molar-refractivity contribution is 0.0692. The molecule has 6 heteroatoms. The summed E-state index contributed by atoms with van der Waals surface area (Å²) in [6.45, 7) is 2.07. The summed E-state index contributed by atoms with van der Waals surface area (Å²) in [4.78, 5) is 21.8. The first-order valence-electron chi connectivity index (χ1n) is 5.81. The fraction of sp³-hybridized carbons (Fsp3) is 0.143. The number of aldehydes is 1. The van der Waals surface area contributed by atoms with Crippen molar-refractivity contribution in [2.45, 2.75) is 6.92 Å². The highest BCUT2D eigenvalue weighted by molar-refractivity contribution is 6.33. The molecule has 1 N–H and O–H groups in total. The number of halogens is 1. The van der Waals surface area contributed by atoms with E-state index in [1.807, 2.05) is 0 Å². The number of carbonyl (C=O) groups excluding carboxylic acids is 1.